The van der Waals surface area contributed by atoms with E-state index in [1.807, 2.05) is 68.4 Å². The number of carbonyl (C=O) groups is 1. The molecule has 0 bridgehead atoms. The zero-order valence-corrected chi connectivity index (χ0v) is 20.4. The molecule has 9 heteroatoms. The monoisotopic (exact) mass is 490 g/mol. The number of hydrogen-bond acceptors (Lipinski definition) is 6. The second kappa shape index (κ2) is 10.2. The molecule has 1 saturated heterocycles. The van der Waals surface area contributed by atoms with Crippen molar-refractivity contribution in [1.29, 1.82) is 5.26 Å². The number of nitrogens with one attached hydrogen (secondary N) is 1. The molecule has 35 heavy (non-hydrogen) atoms. The Bertz CT molecular complexity index is 1420. The first kappa shape index (κ1) is 24.2. The van der Waals surface area contributed by atoms with Crippen LogP contribution in [-0.4, -0.2) is 48.3 Å². The van der Waals surface area contributed by atoms with E-state index in [9.17, 15) is 18.5 Å². The van der Waals surface area contributed by atoms with Crippen LogP contribution in [0.1, 0.15) is 24.5 Å². The Morgan fingerprint density at radius 2 is 2.06 bits per heavy atom. The van der Waals surface area contributed by atoms with Crippen molar-refractivity contribution in [2.24, 2.45) is 0 Å². The fraction of sp³-hybridized carbons (Fsp3) is 0.269. The number of benzene rings is 2. The van der Waals surface area contributed by atoms with Crippen LogP contribution in [0.5, 0.6) is 5.75 Å². The average Bonchev–Trinajstić information content (AvgIpc) is 3.40. The van der Waals surface area contributed by atoms with E-state index in [4.69, 9.17) is 9.84 Å². The molecular weight excluding hydrogens is 464 g/mol. The molecule has 1 aromatic heterocycles. The van der Waals surface area contributed by atoms with Crippen LogP contribution in [0.25, 0.3) is 23.0 Å². The van der Waals surface area contributed by atoms with Crippen molar-refractivity contribution in [3.63, 3.8) is 0 Å². The van der Waals surface area contributed by atoms with E-state index in [-0.39, 0.29) is 17.1 Å². The lowest BCUT2D eigenvalue weighted by Gasteiger charge is -2.10. The van der Waals surface area contributed by atoms with Gasteiger partial charge in [-0.1, -0.05) is 18.2 Å². The molecule has 1 atom stereocenters. The Morgan fingerprint density at radius 1 is 1.29 bits per heavy atom. The standard InChI is InChI=1S/C26H26N4O4S/c1-3-34-23-9-10-24(18(2)13-23)25-20(16-30(29-25)22-7-5-4-6-8-22)14-19(15-27)26(31)28-21-11-12-35(32,33)17-21/h4-10,13-14,16,21H,3,11-12,17H2,1-2H3,(H,28,31)/b19-14+/t21-/m0/s1. The summed E-state index contributed by atoms with van der Waals surface area (Å²) >= 11 is 0. The number of ether oxygens (including phenoxy) is 1. The summed E-state index contributed by atoms with van der Waals surface area (Å²) < 4.78 is 30.8. The number of aromatic nitrogens is 2. The molecule has 0 saturated carbocycles. The summed E-state index contributed by atoms with van der Waals surface area (Å²) in [4.78, 5) is 12.8. The van der Waals surface area contributed by atoms with Crippen molar-refractivity contribution in [2.45, 2.75) is 26.3 Å². The van der Waals surface area contributed by atoms with E-state index < -0.39 is 21.8 Å². The number of aryl methyl sites for hydroxylation is 1. The van der Waals surface area contributed by atoms with Crippen LogP contribution in [0.3, 0.4) is 0 Å². The van der Waals surface area contributed by atoms with Gasteiger partial charge < -0.3 is 10.1 Å². The molecule has 1 aliphatic heterocycles. The van der Waals surface area contributed by atoms with Gasteiger partial charge in [0.2, 0.25) is 0 Å². The maximum absolute atomic E-state index is 12.8. The SMILES string of the molecule is CCOc1ccc(-c2nn(-c3ccccc3)cc2/C=C(\C#N)C(=O)N[C@H]2CCS(=O)(=O)C2)c(C)c1. The second-order valence-electron chi connectivity index (χ2n) is 8.37. The summed E-state index contributed by atoms with van der Waals surface area (Å²) in [5, 5.41) is 17.2. The highest BCUT2D eigenvalue weighted by Crippen LogP contribution is 2.31. The summed E-state index contributed by atoms with van der Waals surface area (Å²) in [6.45, 7) is 4.42. The van der Waals surface area contributed by atoms with Gasteiger partial charge in [0.25, 0.3) is 5.91 Å². The van der Waals surface area contributed by atoms with Gasteiger partial charge in [0.05, 0.1) is 23.8 Å². The van der Waals surface area contributed by atoms with Crippen molar-refractivity contribution >= 4 is 21.8 Å². The first-order valence-electron chi connectivity index (χ1n) is 11.3. The number of hydrogen-bond donors (Lipinski definition) is 1. The molecule has 1 aliphatic rings. The first-order valence-corrected chi connectivity index (χ1v) is 13.1. The smallest absolute Gasteiger partial charge is 0.262 e. The number of para-hydroxylation sites is 1. The Balaban J connectivity index is 1.74. The molecular formula is C26H26N4O4S. The first-order chi connectivity index (χ1) is 16.8. The fourth-order valence-corrected chi connectivity index (χ4v) is 5.72. The van der Waals surface area contributed by atoms with Crippen LogP contribution in [-0.2, 0) is 14.6 Å². The summed E-state index contributed by atoms with van der Waals surface area (Å²) in [6.07, 6.45) is 3.61. The zero-order valence-electron chi connectivity index (χ0n) is 19.6. The van der Waals surface area contributed by atoms with Gasteiger partial charge in [-0.2, -0.15) is 10.4 Å². The highest BCUT2D eigenvalue weighted by atomic mass is 32.2. The number of rotatable bonds is 7. The third-order valence-corrected chi connectivity index (χ3v) is 7.53. The normalized spacial score (nSPS) is 17.1. The van der Waals surface area contributed by atoms with Gasteiger partial charge in [-0.3, -0.25) is 4.79 Å². The minimum Gasteiger partial charge on any atom is -0.494 e. The largest absolute Gasteiger partial charge is 0.494 e. The third kappa shape index (κ3) is 5.61. The molecule has 0 unspecified atom stereocenters. The molecule has 1 amide bonds. The van der Waals surface area contributed by atoms with E-state index in [1.54, 1.807) is 10.9 Å². The maximum atomic E-state index is 12.8. The summed E-state index contributed by atoms with van der Waals surface area (Å²) in [5.74, 6) is 0.0718. The molecule has 4 rings (SSSR count). The summed E-state index contributed by atoms with van der Waals surface area (Å²) in [6, 6.07) is 16.7. The van der Waals surface area contributed by atoms with Gasteiger partial charge in [-0.15, -0.1) is 0 Å². The van der Waals surface area contributed by atoms with Gasteiger partial charge >= 0.3 is 0 Å². The van der Waals surface area contributed by atoms with E-state index in [0.717, 1.165) is 22.6 Å². The highest BCUT2D eigenvalue weighted by molar-refractivity contribution is 7.91. The number of sulfone groups is 1. The number of nitrogens with zero attached hydrogens (tertiary/aromatic N) is 3. The van der Waals surface area contributed by atoms with Gasteiger partial charge in [-0.25, -0.2) is 13.1 Å². The molecule has 2 heterocycles. The van der Waals surface area contributed by atoms with Gasteiger partial charge in [0, 0.05) is 23.4 Å². The molecule has 0 aliphatic carbocycles. The van der Waals surface area contributed by atoms with Crippen LogP contribution in [0, 0.1) is 18.3 Å². The average molecular weight is 491 g/mol. The van der Waals surface area contributed by atoms with Crippen molar-refractivity contribution in [1.82, 2.24) is 15.1 Å². The topological polar surface area (TPSA) is 114 Å². The minimum atomic E-state index is -3.16. The predicted octanol–water partition coefficient (Wildman–Crippen LogP) is 3.46. The Morgan fingerprint density at radius 3 is 2.69 bits per heavy atom. The lowest BCUT2D eigenvalue weighted by Crippen LogP contribution is -2.36. The van der Waals surface area contributed by atoms with Crippen molar-refractivity contribution in [3.8, 4) is 28.8 Å². The number of amides is 1. The van der Waals surface area contributed by atoms with Crippen LogP contribution < -0.4 is 10.1 Å². The van der Waals surface area contributed by atoms with Crippen molar-refractivity contribution in [3.05, 3.63) is 71.4 Å². The van der Waals surface area contributed by atoms with E-state index in [1.165, 1.54) is 6.08 Å². The molecule has 2 aromatic carbocycles. The Kier molecular flexibility index (Phi) is 7.03. The predicted molar refractivity (Wildman–Crippen MR) is 134 cm³/mol. The highest BCUT2D eigenvalue weighted by Gasteiger charge is 2.29. The number of nitriles is 1. The van der Waals surface area contributed by atoms with E-state index >= 15 is 0 Å². The Labute approximate surface area is 204 Å². The maximum Gasteiger partial charge on any atom is 0.262 e. The lowest BCUT2D eigenvalue weighted by molar-refractivity contribution is -0.117. The quantitative estimate of drug-likeness (QED) is 0.401. The summed E-state index contributed by atoms with van der Waals surface area (Å²) in [5.41, 5.74) is 3.69. The van der Waals surface area contributed by atoms with Crippen LogP contribution in [0.15, 0.2) is 60.3 Å². The van der Waals surface area contributed by atoms with Gasteiger partial charge in [0.1, 0.15) is 23.1 Å². The zero-order chi connectivity index (χ0) is 25.0. The molecule has 3 aromatic rings. The van der Waals surface area contributed by atoms with Crippen LogP contribution in [0.2, 0.25) is 0 Å². The van der Waals surface area contributed by atoms with Gasteiger partial charge in [-0.05, 0) is 62.2 Å². The van der Waals surface area contributed by atoms with Crippen molar-refractivity contribution < 1.29 is 17.9 Å². The molecule has 8 nitrogen and oxygen atoms in total. The Hall–Kier alpha value is -3.90. The second-order valence-corrected chi connectivity index (χ2v) is 10.6. The lowest BCUT2D eigenvalue weighted by atomic mass is 10.0. The van der Waals surface area contributed by atoms with Crippen molar-refractivity contribution in [2.75, 3.05) is 18.1 Å². The molecule has 1 N–H and O–H groups in total. The summed E-state index contributed by atoms with van der Waals surface area (Å²) in [7, 11) is -3.16. The molecule has 0 radical (unpaired) electrons. The van der Waals surface area contributed by atoms with E-state index in [0.29, 0.717) is 24.3 Å². The minimum absolute atomic E-state index is 0.0363. The van der Waals surface area contributed by atoms with Crippen LogP contribution >= 0.6 is 0 Å². The van der Waals surface area contributed by atoms with Gasteiger partial charge in [0.15, 0.2) is 9.84 Å². The van der Waals surface area contributed by atoms with E-state index in [2.05, 4.69) is 5.32 Å². The van der Waals surface area contributed by atoms with Crippen LogP contribution in [0.4, 0.5) is 0 Å². The molecule has 180 valence electrons. The molecule has 1 fully saturated rings. The molecule has 0 spiro atoms. The third-order valence-electron chi connectivity index (χ3n) is 5.76. The fourth-order valence-electron chi connectivity index (χ4n) is 4.05. The number of carbonyl (C=O) groups excluding carboxylic acids is 1.